The predicted octanol–water partition coefficient (Wildman–Crippen LogP) is 3.19. The zero-order valence-electron chi connectivity index (χ0n) is 8.87. The second kappa shape index (κ2) is 5.39. The molecule has 0 radical (unpaired) electrons. The van der Waals surface area contributed by atoms with E-state index >= 15 is 0 Å². The van der Waals surface area contributed by atoms with Crippen LogP contribution in [0.25, 0.3) is 10.4 Å². The highest BCUT2D eigenvalue weighted by Crippen LogP contribution is 2.27. The number of hydrogen-bond donors (Lipinski definition) is 0. The molecule has 1 saturated heterocycles. The Balaban J connectivity index is 1.99. The smallest absolute Gasteiger partial charge is 0.129 e. The van der Waals surface area contributed by atoms with Gasteiger partial charge in [0.1, 0.15) is 12.4 Å². The molecule has 1 heterocycles. The van der Waals surface area contributed by atoms with Gasteiger partial charge in [0.05, 0.1) is 11.8 Å². The first-order valence-corrected chi connectivity index (χ1v) is 5.28. The van der Waals surface area contributed by atoms with Crippen LogP contribution in [0.4, 0.5) is 5.69 Å². The molecule has 0 saturated carbocycles. The molecular weight excluding hydrogens is 206 g/mol. The molecule has 1 aromatic rings. The van der Waals surface area contributed by atoms with Crippen LogP contribution in [0, 0.1) is 0 Å². The monoisotopic (exact) mass is 219 g/mol. The largest absolute Gasteiger partial charge is 0.490 e. The molecule has 0 aromatic heterocycles. The molecule has 0 bridgehead atoms. The molecule has 16 heavy (non-hydrogen) atoms. The summed E-state index contributed by atoms with van der Waals surface area (Å²) in [7, 11) is 0. The van der Waals surface area contributed by atoms with E-state index in [4.69, 9.17) is 15.0 Å². The lowest BCUT2D eigenvalue weighted by molar-refractivity contribution is 0.0681. The van der Waals surface area contributed by atoms with Crippen molar-refractivity contribution in [2.24, 2.45) is 5.11 Å². The summed E-state index contributed by atoms with van der Waals surface area (Å²) in [5.74, 6) is 0.607. The zero-order chi connectivity index (χ0) is 11.2. The summed E-state index contributed by atoms with van der Waals surface area (Å²) in [6.45, 7) is 1.32. The molecule has 5 nitrogen and oxygen atoms in total. The lowest BCUT2D eigenvalue weighted by Gasteiger charge is -2.12. The number of hydrogen-bond acceptors (Lipinski definition) is 3. The molecule has 5 heteroatoms. The summed E-state index contributed by atoms with van der Waals surface area (Å²) in [5.41, 5.74) is 8.92. The second-order valence-electron chi connectivity index (χ2n) is 3.60. The highest BCUT2D eigenvalue weighted by atomic mass is 16.5. The van der Waals surface area contributed by atoms with Gasteiger partial charge in [-0.3, -0.25) is 0 Å². The maximum Gasteiger partial charge on any atom is 0.129 e. The van der Waals surface area contributed by atoms with Gasteiger partial charge in [-0.2, -0.15) is 0 Å². The van der Waals surface area contributed by atoms with Gasteiger partial charge in [-0.25, -0.2) is 0 Å². The van der Waals surface area contributed by atoms with Gasteiger partial charge in [0, 0.05) is 11.5 Å². The van der Waals surface area contributed by atoms with Gasteiger partial charge in [0.2, 0.25) is 0 Å². The van der Waals surface area contributed by atoms with E-state index < -0.39 is 0 Å². The van der Waals surface area contributed by atoms with Gasteiger partial charge >= 0.3 is 0 Å². The van der Waals surface area contributed by atoms with Gasteiger partial charge in [0.15, 0.2) is 0 Å². The summed E-state index contributed by atoms with van der Waals surface area (Å²) in [5, 5.41) is 3.57. The Morgan fingerprint density at radius 1 is 1.50 bits per heavy atom. The number of benzene rings is 1. The second-order valence-corrected chi connectivity index (χ2v) is 3.60. The van der Waals surface area contributed by atoms with Gasteiger partial charge in [-0.1, -0.05) is 17.2 Å². The van der Waals surface area contributed by atoms with E-state index in [-0.39, 0.29) is 6.10 Å². The minimum Gasteiger partial charge on any atom is -0.490 e. The number of rotatable bonds is 4. The summed E-state index contributed by atoms with van der Waals surface area (Å²) in [4.78, 5) is 2.76. The summed E-state index contributed by atoms with van der Waals surface area (Å²) < 4.78 is 11.0. The Morgan fingerprint density at radius 3 is 3.12 bits per heavy atom. The van der Waals surface area contributed by atoms with Crippen molar-refractivity contribution in [2.45, 2.75) is 18.9 Å². The standard InChI is InChI=1S/C11H13N3O2/c12-14-13-10-5-1-2-6-11(10)16-8-9-4-3-7-15-9/h1-2,5-6,9H,3-4,7-8H2. The van der Waals surface area contributed by atoms with Crippen molar-refractivity contribution in [3.05, 3.63) is 34.7 Å². The maximum absolute atomic E-state index is 8.40. The van der Waals surface area contributed by atoms with Crippen LogP contribution in [0.1, 0.15) is 12.8 Å². The number of ether oxygens (including phenoxy) is 2. The Morgan fingerprint density at radius 2 is 2.38 bits per heavy atom. The van der Waals surface area contributed by atoms with Crippen LogP contribution in [0.2, 0.25) is 0 Å². The van der Waals surface area contributed by atoms with Crippen LogP contribution in [0.5, 0.6) is 5.75 Å². The first kappa shape index (κ1) is 10.8. The van der Waals surface area contributed by atoms with Crippen molar-refractivity contribution >= 4 is 5.69 Å². The number of azide groups is 1. The fraction of sp³-hybridized carbons (Fsp3) is 0.455. The van der Waals surface area contributed by atoms with Crippen molar-refractivity contribution in [1.29, 1.82) is 0 Å². The molecule has 1 aromatic carbocycles. The van der Waals surface area contributed by atoms with Gasteiger partial charge in [0.25, 0.3) is 0 Å². The average Bonchev–Trinajstić information content (AvgIpc) is 2.81. The molecule has 0 spiro atoms. The Bertz CT molecular complexity index is 396. The first-order chi connectivity index (χ1) is 7.90. The van der Waals surface area contributed by atoms with Crippen molar-refractivity contribution in [3.8, 4) is 5.75 Å². The first-order valence-electron chi connectivity index (χ1n) is 5.28. The van der Waals surface area contributed by atoms with E-state index in [0.717, 1.165) is 19.4 Å². The van der Waals surface area contributed by atoms with Crippen LogP contribution in [0.3, 0.4) is 0 Å². The molecule has 0 amide bonds. The normalized spacial score (nSPS) is 19.1. The molecule has 0 aliphatic carbocycles. The van der Waals surface area contributed by atoms with Crippen molar-refractivity contribution in [1.82, 2.24) is 0 Å². The van der Waals surface area contributed by atoms with E-state index in [2.05, 4.69) is 10.0 Å². The fourth-order valence-electron chi connectivity index (χ4n) is 1.67. The molecular formula is C11H13N3O2. The molecule has 1 aliphatic heterocycles. The zero-order valence-corrected chi connectivity index (χ0v) is 8.87. The summed E-state index contributed by atoms with van der Waals surface area (Å²) in [6.07, 6.45) is 2.29. The predicted molar refractivity (Wildman–Crippen MR) is 59.7 cm³/mol. The SMILES string of the molecule is [N-]=[N+]=Nc1ccccc1OCC1CCCO1. The lowest BCUT2D eigenvalue weighted by atomic mass is 10.2. The fourth-order valence-corrected chi connectivity index (χ4v) is 1.67. The third-order valence-electron chi connectivity index (χ3n) is 2.47. The molecule has 1 atom stereocenters. The maximum atomic E-state index is 8.40. The van der Waals surface area contributed by atoms with Crippen LogP contribution in [-0.4, -0.2) is 19.3 Å². The molecule has 1 unspecified atom stereocenters. The van der Waals surface area contributed by atoms with E-state index in [9.17, 15) is 0 Å². The van der Waals surface area contributed by atoms with Crippen LogP contribution < -0.4 is 4.74 Å². The number of para-hydroxylation sites is 1. The third-order valence-corrected chi connectivity index (χ3v) is 2.47. The Labute approximate surface area is 93.6 Å². The Kier molecular flexibility index (Phi) is 3.64. The molecule has 2 rings (SSSR count). The molecule has 0 N–H and O–H groups in total. The van der Waals surface area contributed by atoms with E-state index in [1.807, 2.05) is 12.1 Å². The molecule has 1 aliphatic rings. The van der Waals surface area contributed by atoms with Crippen molar-refractivity contribution in [2.75, 3.05) is 13.2 Å². The van der Waals surface area contributed by atoms with Gasteiger partial charge in [-0.05, 0) is 30.5 Å². The van der Waals surface area contributed by atoms with Gasteiger partial charge < -0.3 is 9.47 Å². The van der Waals surface area contributed by atoms with Crippen LogP contribution in [0.15, 0.2) is 29.4 Å². The summed E-state index contributed by atoms with van der Waals surface area (Å²) in [6, 6.07) is 7.17. The highest BCUT2D eigenvalue weighted by molar-refractivity contribution is 5.51. The minimum atomic E-state index is 0.166. The van der Waals surface area contributed by atoms with E-state index in [1.165, 1.54) is 0 Å². The average molecular weight is 219 g/mol. The van der Waals surface area contributed by atoms with Crippen LogP contribution in [-0.2, 0) is 4.74 Å². The van der Waals surface area contributed by atoms with Crippen molar-refractivity contribution in [3.63, 3.8) is 0 Å². The van der Waals surface area contributed by atoms with Crippen LogP contribution >= 0.6 is 0 Å². The minimum absolute atomic E-state index is 0.166. The van der Waals surface area contributed by atoms with Gasteiger partial charge in [-0.15, -0.1) is 0 Å². The molecule has 84 valence electrons. The number of nitrogens with zero attached hydrogens (tertiary/aromatic N) is 3. The Hall–Kier alpha value is -1.71. The van der Waals surface area contributed by atoms with E-state index in [1.54, 1.807) is 12.1 Å². The third kappa shape index (κ3) is 2.66. The molecule has 1 fully saturated rings. The lowest BCUT2D eigenvalue weighted by Crippen LogP contribution is -2.16. The van der Waals surface area contributed by atoms with E-state index in [0.29, 0.717) is 18.0 Å². The summed E-state index contributed by atoms with van der Waals surface area (Å²) >= 11 is 0. The van der Waals surface area contributed by atoms with Crippen molar-refractivity contribution < 1.29 is 9.47 Å². The topological polar surface area (TPSA) is 67.2 Å². The highest BCUT2D eigenvalue weighted by Gasteiger charge is 2.16. The quantitative estimate of drug-likeness (QED) is 0.443.